The van der Waals surface area contributed by atoms with Gasteiger partial charge in [-0.25, -0.2) is 4.39 Å². The number of halogens is 1. The molecule has 1 fully saturated rings. The Morgan fingerprint density at radius 2 is 2.13 bits per heavy atom. The number of carbonyl (C=O) groups excluding carboxylic acids is 1. The molecule has 0 aromatic heterocycles. The first kappa shape index (κ1) is 10.3. The Morgan fingerprint density at radius 1 is 1.47 bits per heavy atom. The topological polar surface area (TPSA) is 52.3 Å². The maximum Gasteiger partial charge on any atom is 0.177 e. The molecule has 0 amide bonds. The van der Waals surface area contributed by atoms with Crippen molar-refractivity contribution in [2.75, 3.05) is 19.8 Å². The van der Waals surface area contributed by atoms with Crippen LogP contribution < -0.4 is 5.73 Å². The summed E-state index contributed by atoms with van der Waals surface area (Å²) in [5.41, 5.74) is 4.93. The van der Waals surface area contributed by atoms with Gasteiger partial charge in [-0.3, -0.25) is 4.79 Å². The van der Waals surface area contributed by atoms with Crippen molar-refractivity contribution in [2.24, 2.45) is 11.1 Å². The van der Waals surface area contributed by atoms with E-state index in [1.54, 1.807) is 12.1 Å². The number of ketones is 1. The molecule has 1 aromatic carbocycles. The van der Waals surface area contributed by atoms with Gasteiger partial charge in [0.25, 0.3) is 0 Å². The third-order valence-corrected chi connectivity index (χ3v) is 2.75. The minimum absolute atomic E-state index is 0.103. The van der Waals surface area contributed by atoms with E-state index < -0.39 is 11.2 Å². The lowest BCUT2D eigenvalue weighted by atomic mass is 9.78. The van der Waals surface area contributed by atoms with E-state index in [2.05, 4.69) is 0 Å². The SMILES string of the molecule is NCC1(C(=O)c2ccccc2F)COC1. The number of rotatable bonds is 3. The number of Topliss-reactive ketones (excluding diaryl/α,β-unsaturated/α-hetero) is 1. The van der Waals surface area contributed by atoms with Crippen LogP contribution >= 0.6 is 0 Å². The van der Waals surface area contributed by atoms with Gasteiger partial charge in [0.05, 0.1) is 24.2 Å². The Kier molecular flexibility index (Phi) is 2.54. The second-order valence-electron chi connectivity index (χ2n) is 3.79. The molecule has 2 N–H and O–H groups in total. The fourth-order valence-corrected chi connectivity index (χ4v) is 1.62. The zero-order valence-corrected chi connectivity index (χ0v) is 8.20. The zero-order chi connectivity index (χ0) is 10.9. The zero-order valence-electron chi connectivity index (χ0n) is 8.20. The van der Waals surface area contributed by atoms with Gasteiger partial charge in [-0.2, -0.15) is 0 Å². The fraction of sp³-hybridized carbons (Fsp3) is 0.364. The Morgan fingerprint density at radius 3 is 2.60 bits per heavy atom. The highest BCUT2D eigenvalue weighted by atomic mass is 19.1. The Bertz CT molecular complexity index is 382. The molecule has 2 rings (SSSR count). The largest absolute Gasteiger partial charge is 0.379 e. The predicted molar refractivity (Wildman–Crippen MR) is 53.0 cm³/mol. The number of ether oxygens (including phenoxy) is 1. The molecule has 0 atom stereocenters. The molecule has 0 saturated carbocycles. The van der Waals surface area contributed by atoms with Gasteiger partial charge in [0.2, 0.25) is 0 Å². The van der Waals surface area contributed by atoms with Gasteiger partial charge in [0.15, 0.2) is 5.78 Å². The van der Waals surface area contributed by atoms with Crippen LogP contribution in [0.2, 0.25) is 0 Å². The summed E-state index contributed by atoms with van der Waals surface area (Å²) in [6, 6.07) is 5.95. The quantitative estimate of drug-likeness (QED) is 0.755. The number of nitrogens with two attached hydrogens (primary N) is 1. The van der Waals surface area contributed by atoms with Gasteiger partial charge < -0.3 is 10.5 Å². The average Bonchev–Trinajstić information content (AvgIpc) is 2.17. The standard InChI is InChI=1S/C11H12FNO2/c12-9-4-2-1-3-8(9)10(14)11(5-13)6-15-7-11/h1-4H,5-7,13H2. The van der Waals surface area contributed by atoms with Crippen molar-refractivity contribution in [3.05, 3.63) is 35.6 Å². The molecule has 80 valence electrons. The van der Waals surface area contributed by atoms with E-state index in [1.807, 2.05) is 0 Å². The molecule has 0 unspecified atom stereocenters. The average molecular weight is 209 g/mol. The predicted octanol–water partition coefficient (Wildman–Crippen LogP) is 0.984. The van der Waals surface area contributed by atoms with Crippen molar-refractivity contribution in [1.82, 2.24) is 0 Å². The third kappa shape index (κ3) is 1.56. The summed E-state index contributed by atoms with van der Waals surface area (Å²) in [7, 11) is 0. The van der Waals surface area contributed by atoms with Crippen LogP contribution in [0.4, 0.5) is 4.39 Å². The second kappa shape index (κ2) is 3.72. The van der Waals surface area contributed by atoms with E-state index in [0.717, 1.165) is 0 Å². The van der Waals surface area contributed by atoms with Crippen molar-refractivity contribution in [2.45, 2.75) is 0 Å². The monoisotopic (exact) mass is 209 g/mol. The Hall–Kier alpha value is -1.26. The van der Waals surface area contributed by atoms with Gasteiger partial charge in [0.1, 0.15) is 5.82 Å². The summed E-state index contributed by atoms with van der Waals surface area (Å²) < 4.78 is 18.4. The maximum absolute atomic E-state index is 13.4. The van der Waals surface area contributed by atoms with E-state index >= 15 is 0 Å². The van der Waals surface area contributed by atoms with Crippen molar-refractivity contribution < 1.29 is 13.9 Å². The molecule has 1 aliphatic heterocycles. The molecular formula is C11H12FNO2. The summed E-state index contributed by atoms with van der Waals surface area (Å²) in [5.74, 6) is -0.753. The smallest absolute Gasteiger partial charge is 0.177 e. The first-order valence-electron chi connectivity index (χ1n) is 4.77. The van der Waals surface area contributed by atoms with Crippen molar-refractivity contribution in [1.29, 1.82) is 0 Å². The molecule has 0 radical (unpaired) electrons. The van der Waals surface area contributed by atoms with Crippen LogP contribution in [0, 0.1) is 11.2 Å². The van der Waals surface area contributed by atoms with Gasteiger partial charge >= 0.3 is 0 Å². The lowest BCUT2D eigenvalue weighted by Crippen LogP contribution is -2.54. The molecule has 1 aromatic rings. The number of carbonyl (C=O) groups is 1. The van der Waals surface area contributed by atoms with Crippen LogP contribution in [0.15, 0.2) is 24.3 Å². The molecule has 1 aliphatic rings. The van der Waals surface area contributed by atoms with Gasteiger partial charge in [-0.1, -0.05) is 12.1 Å². The molecule has 0 spiro atoms. The number of hydrogen-bond acceptors (Lipinski definition) is 3. The molecule has 1 heterocycles. The number of benzene rings is 1. The third-order valence-electron chi connectivity index (χ3n) is 2.75. The van der Waals surface area contributed by atoms with Crippen LogP contribution in [0.25, 0.3) is 0 Å². The highest BCUT2D eigenvalue weighted by molar-refractivity contribution is 6.01. The molecule has 0 bridgehead atoms. The molecule has 1 saturated heterocycles. The lowest BCUT2D eigenvalue weighted by Gasteiger charge is -2.38. The molecular weight excluding hydrogens is 197 g/mol. The molecule has 4 heteroatoms. The normalized spacial score (nSPS) is 18.3. The minimum atomic E-state index is -0.706. The van der Waals surface area contributed by atoms with E-state index in [9.17, 15) is 9.18 Å². The first-order chi connectivity index (χ1) is 7.19. The second-order valence-corrected chi connectivity index (χ2v) is 3.79. The summed E-state index contributed by atoms with van der Waals surface area (Å²) in [6.45, 7) is 0.771. The minimum Gasteiger partial charge on any atom is -0.379 e. The fourth-order valence-electron chi connectivity index (χ4n) is 1.62. The van der Waals surface area contributed by atoms with Crippen LogP contribution in [-0.2, 0) is 4.74 Å². The van der Waals surface area contributed by atoms with E-state index in [4.69, 9.17) is 10.5 Å². The lowest BCUT2D eigenvalue weighted by molar-refractivity contribution is -0.0817. The van der Waals surface area contributed by atoms with Crippen LogP contribution in [0.3, 0.4) is 0 Å². The highest BCUT2D eigenvalue weighted by Crippen LogP contribution is 2.31. The Balaban J connectivity index is 2.32. The van der Waals surface area contributed by atoms with E-state index in [1.165, 1.54) is 12.1 Å². The summed E-state index contributed by atoms with van der Waals surface area (Å²) in [4.78, 5) is 12.0. The summed E-state index contributed by atoms with van der Waals surface area (Å²) >= 11 is 0. The first-order valence-corrected chi connectivity index (χ1v) is 4.77. The van der Waals surface area contributed by atoms with E-state index in [-0.39, 0.29) is 31.1 Å². The van der Waals surface area contributed by atoms with Gasteiger partial charge in [-0.05, 0) is 12.1 Å². The van der Waals surface area contributed by atoms with Crippen LogP contribution in [-0.4, -0.2) is 25.5 Å². The van der Waals surface area contributed by atoms with Crippen molar-refractivity contribution >= 4 is 5.78 Å². The van der Waals surface area contributed by atoms with Gasteiger partial charge in [0, 0.05) is 6.54 Å². The molecule has 3 nitrogen and oxygen atoms in total. The van der Waals surface area contributed by atoms with Crippen molar-refractivity contribution in [3.63, 3.8) is 0 Å². The van der Waals surface area contributed by atoms with Crippen molar-refractivity contribution in [3.8, 4) is 0 Å². The summed E-state index contributed by atoms with van der Waals surface area (Å²) in [6.07, 6.45) is 0. The van der Waals surface area contributed by atoms with Gasteiger partial charge in [-0.15, -0.1) is 0 Å². The van der Waals surface area contributed by atoms with Crippen LogP contribution in [0.1, 0.15) is 10.4 Å². The highest BCUT2D eigenvalue weighted by Gasteiger charge is 2.45. The van der Waals surface area contributed by atoms with Crippen LogP contribution in [0.5, 0.6) is 0 Å². The van der Waals surface area contributed by atoms with E-state index in [0.29, 0.717) is 0 Å². The number of hydrogen-bond donors (Lipinski definition) is 1. The summed E-state index contributed by atoms with van der Waals surface area (Å²) in [5, 5.41) is 0. The molecule has 15 heavy (non-hydrogen) atoms. The Labute approximate surface area is 87.0 Å². The molecule has 0 aliphatic carbocycles. The maximum atomic E-state index is 13.4.